The molecule has 1 aliphatic heterocycles. The summed E-state index contributed by atoms with van der Waals surface area (Å²) < 4.78 is 28.6. The van der Waals surface area contributed by atoms with Gasteiger partial charge in [-0.2, -0.15) is 14.4 Å². The van der Waals surface area contributed by atoms with Crippen LogP contribution in [0.2, 0.25) is 0 Å². The Balaban J connectivity index is 1.54. The number of nitrogens with zero attached hydrogens (tertiary/aromatic N) is 5. The molecule has 0 bridgehead atoms. The number of anilines is 1. The van der Waals surface area contributed by atoms with Gasteiger partial charge in [-0.1, -0.05) is 6.07 Å². The van der Waals surface area contributed by atoms with Crippen LogP contribution in [-0.4, -0.2) is 51.3 Å². The van der Waals surface area contributed by atoms with Gasteiger partial charge in [0.1, 0.15) is 6.33 Å². The van der Waals surface area contributed by atoms with Crippen molar-refractivity contribution >= 4 is 27.4 Å². The zero-order valence-electron chi connectivity index (χ0n) is 16.3. The smallest absolute Gasteiger partial charge is 0.252 e. The second-order valence-electron chi connectivity index (χ2n) is 7.10. The van der Waals surface area contributed by atoms with E-state index in [1.807, 2.05) is 13.8 Å². The minimum Gasteiger partial charge on any atom is -0.326 e. The molecule has 1 aliphatic rings. The molecule has 1 fully saturated rings. The van der Waals surface area contributed by atoms with Gasteiger partial charge >= 0.3 is 0 Å². The molecule has 2 aromatic heterocycles. The molecule has 9 nitrogen and oxygen atoms in total. The number of fused-ring (bicyclic) bond motifs is 1. The summed E-state index contributed by atoms with van der Waals surface area (Å²) >= 11 is 0. The van der Waals surface area contributed by atoms with Crippen molar-refractivity contribution in [1.29, 1.82) is 0 Å². The molecular weight excluding hydrogens is 392 g/mol. The molecule has 4 rings (SSSR count). The fraction of sp³-hybridized carbons (Fsp3) is 0.368. The summed E-state index contributed by atoms with van der Waals surface area (Å²) in [6, 6.07) is 6.38. The average molecular weight is 414 g/mol. The van der Waals surface area contributed by atoms with Crippen LogP contribution in [0.1, 0.15) is 29.8 Å². The molecule has 29 heavy (non-hydrogen) atoms. The summed E-state index contributed by atoms with van der Waals surface area (Å²) in [5.74, 6) is 0.233. The van der Waals surface area contributed by atoms with Gasteiger partial charge in [-0.15, -0.1) is 0 Å². The Bertz CT molecular complexity index is 1180. The number of amides is 1. The highest BCUT2D eigenvalue weighted by atomic mass is 32.2. The molecule has 0 spiro atoms. The van der Waals surface area contributed by atoms with E-state index in [0.717, 1.165) is 24.1 Å². The van der Waals surface area contributed by atoms with Crippen LogP contribution >= 0.6 is 0 Å². The van der Waals surface area contributed by atoms with E-state index in [4.69, 9.17) is 0 Å². The lowest BCUT2D eigenvalue weighted by Crippen LogP contribution is -2.28. The minimum atomic E-state index is -3.53. The van der Waals surface area contributed by atoms with Gasteiger partial charge in [0, 0.05) is 35.7 Å². The Morgan fingerprint density at radius 3 is 2.72 bits per heavy atom. The lowest BCUT2D eigenvalue weighted by atomic mass is 10.1. The van der Waals surface area contributed by atoms with Crippen molar-refractivity contribution < 1.29 is 13.2 Å². The molecule has 1 aromatic carbocycles. The van der Waals surface area contributed by atoms with Crippen molar-refractivity contribution in [2.75, 3.05) is 18.4 Å². The molecule has 0 unspecified atom stereocenters. The molecule has 1 N–H and O–H groups in total. The van der Waals surface area contributed by atoms with Crippen LogP contribution in [0.4, 0.5) is 5.69 Å². The molecular formula is C19H22N6O3S. The average Bonchev–Trinajstić information content (AvgIpc) is 3.37. The van der Waals surface area contributed by atoms with Crippen molar-refractivity contribution in [3.05, 3.63) is 47.5 Å². The maximum absolute atomic E-state index is 12.7. The lowest BCUT2D eigenvalue weighted by molar-refractivity contribution is -0.115. The number of hydrogen-bond acceptors (Lipinski definition) is 6. The summed E-state index contributed by atoms with van der Waals surface area (Å²) in [4.78, 5) is 21.3. The minimum absolute atomic E-state index is 0.101. The molecule has 3 aromatic rings. The van der Waals surface area contributed by atoms with Gasteiger partial charge < -0.3 is 5.32 Å². The maximum Gasteiger partial charge on any atom is 0.252 e. The van der Waals surface area contributed by atoms with Gasteiger partial charge in [-0.3, -0.25) is 4.79 Å². The van der Waals surface area contributed by atoms with Gasteiger partial charge in [-0.05, 0) is 44.9 Å². The van der Waals surface area contributed by atoms with Crippen LogP contribution in [0.25, 0.3) is 5.78 Å². The predicted octanol–water partition coefficient (Wildman–Crippen LogP) is 1.71. The molecule has 10 heteroatoms. The van der Waals surface area contributed by atoms with Crippen LogP contribution in [0, 0.1) is 13.8 Å². The zero-order valence-corrected chi connectivity index (χ0v) is 17.1. The number of nitrogens with one attached hydrogen (secondary N) is 1. The fourth-order valence-corrected chi connectivity index (χ4v) is 5.15. The topological polar surface area (TPSA) is 110 Å². The number of hydrogen-bond donors (Lipinski definition) is 1. The van der Waals surface area contributed by atoms with Crippen molar-refractivity contribution in [2.24, 2.45) is 0 Å². The Hall–Kier alpha value is -2.85. The number of benzene rings is 1. The fourth-order valence-electron chi connectivity index (χ4n) is 3.59. The number of carbonyl (C=O) groups is 1. The van der Waals surface area contributed by atoms with E-state index in [1.54, 1.807) is 22.7 Å². The van der Waals surface area contributed by atoms with Crippen molar-refractivity contribution in [3.63, 3.8) is 0 Å². The first-order valence-electron chi connectivity index (χ1n) is 9.42. The first-order chi connectivity index (χ1) is 13.9. The summed E-state index contributed by atoms with van der Waals surface area (Å²) in [6.07, 6.45) is 3.27. The lowest BCUT2D eigenvalue weighted by Gasteiger charge is -2.16. The molecule has 3 heterocycles. The third kappa shape index (κ3) is 3.73. The summed E-state index contributed by atoms with van der Waals surface area (Å²) in [5.41, 5.74) is 2.72. The third-order valence-electron chi connectivity index (χ3n) is 5.15. The summed E-state index contributed by atoms with van der Waals surface area (Å²) in [7, 11) is -3.53. The highest BCUT2D eigenvalue weighted by molar-refractivity contribution is 7.89. The number of aromatic nitrogens is 4. The normalized spacial score (nSPS) is 15.1. The highest BCUT2D eigenvalue weighted by Crippen LogP contribution is 2.23. The predicted molar refractivity (Wildman–Crippen MR) is 107 cm³/mol. The first kappa shape index (κ1) is 19.5. The zero-order chi connectivity index (χ0) is 20.6. The molecule has 0 atom stereocenters. The number of rotatable bonds is 5. The van der Waals surface area contributed by atoms with E-state index in [1.165, 1.54) is 16.7 Å². The monoisotopic (exact) mass is 414 g/mol. The maximum atomic E-state index is 12.7. The molecule has 0 saturated carbocycles. The number of sulfonamides is 1. The largest absolute Gasteiger partial charge is 0.326 e. The van der Waals surface area contributed by atoms with E-state index in [2.05, 4.69) is 20.4 Å². The van der Waals surface area contributed by atoms with E-state index in [9.17, 15) is 13.2 Å². The first-order valence-corrected chi connectivity index (χ1v) is 10.9. The van der Waals surface area contributed by atoms with Crippen LogP contribution in [0.5, 0.6) is 0 Å². The molecule has 0 aliphatic carbocycles. The summed E-state index contributed by atoms with van der Waals surface area (Å²) in [5, 5.41) is 6.92. The van der Waals surface area contributed by atoms with Crippen LogP contribution in [-0.2, 0) is 21.2 Å². The molecule has 1 amide bonds. The Morgan fingerprint density at radius 2 is 1.97 bits per heavy atom. The second kappa shape index (κ2) is 7.53. The van der Waals surface area contributed by atoms with Gasteiger partial charge in [0.2, 0.25) is 15.9 Å². The SMILES string of the molecule is Cc1nc2ncnn2c(C)c1CC(=O)Nc1cccc(S(=O)(=O)N2CCCC2)c1. The Morgan fingerprint density at radius 1 is 1.21 bits per heavy atom. The van der Waals surface area contributed by atoms with E-state index in [0.29, 0.717) is 30.2 Å². The van der Waals surface area contributed by atoms with Crippen LogP contribution < -0.4 is 5.32 Å². The van der Waals surface area contributed by atoms with Gasteiger partial charge in [0.15, 0.2) is 0 Å². The quantitative estimate of drug-likeness (QED) is 0.681. The highest BCUT2D eigenvalue weighted by Gasteiger charge is 2.27. The van der Waals surface area contributed by atoms with Gasteiger partial charge in [0.25, 0.3) is 5.78 Å². The standard InChI is InChI=1S/C19H22N6O3S/c1-13-17(14(2)25-19(22-13)20-12-21-25)11-18(26)23-15-6-5-7-16(10-15)29(27,28)24-8-3-4-9-24/h5-7,10,12H,3-4,8-9,11H2,1-2H3,(H,23,26). The van der Waals surface area contributed by atoms with Gasteiger partial charge in [-0.25, -0.2) is 17.9 Å². The van der Waals surface area contributed by atoms with E-state index < -0.39 is 10.0 Å². The number of carbonyl (C=O) groups excluding carboxylic acids is 1. The van der Waals surface area contributed by atoms with Crippen LogP contribution in [0.15, 0.2) is 35.5 Å². The summed E-state index contributed by atoms with van der Waals surface area (Å²) in [6.45, 7) is 4.76. The number of aryl methyl sites for hydroxylation is 2. The van der Waals surface area contributed by atoms with Crippen molar-refractivity contribution in [3.8, 4) is 0 Å². The van der Waals surface area contributed by atoms with E-state index in [-0.39, 0.29) is 17.2 Å². The second-order valence-corrected chi connectivity index (χ2v) is 9.03. The molecule has 1 saturated heterocycles. The van der Waals surface area contributed by atoms with Gasteiger partial charge in [0.05, 0.1) is 11.3 Å². The van der Waals surface area contributed by atoms with E-state index >= 15 is 0 Å². The molecule has 0 radical (unpaired) electrons. The Labute approximate surface area is 168 Å². The third-order valence-corrected chi connectivity index (χ3v) is 7.04. The Kier molecular flexibility index (Phi) is 5.05. The van der Waals surface area contributed by atoms with Crippen molar-refractivity contribution in [2.45, 2.75) is 38.0 Å². The van der Waals surface area contributed by atoms with Crippen molar-refractivity contribution in [1.82, 2.24) is 23.9 Å². The van der Waals surface area contributed by atoms with Crippen LogP contribution in [0.3, 0.4) is 0 Å². The molecule has 152 valence electrons.